The van der Waals surface area contributed by atoms with Gasteiger partial charge in [0.2, 0.25) is 5.91 Å². The van der Waals surface area contributed by atoms with E-state index in [2.05, 4.69) is 0 Å². The summed E-state index contributed by atoms with van der Waals surface area (Å²) in [7, 11) is -2.55. The lowest BCUT2D eigenvalue weighted by atomic mass is 9.87. The largest absolute Gasteiger partial charge is 0.337 e. The summed E-state index contributed by atoms with van der Waals surface area (Å²) in [6, 6.07) is 5.18. The second kappa shape index (κ2) is 6.70. The number of likely N-dealkylation sites (N-methyl/N-ethyl adjacent to an activating group) is 1. The van der Waals surface area contributed by atoms with E-state index >= 15 is 0 Å². The average Bonchev–Trinajstić information content (AvgIpc) is 2.36. The number of nitrogens with zero attached hydrogens (tertiary/aromatic N) is 1. The van der Waals surface area contributed by atoms with Crippen LogP contribution in [0.4, 0.5) is 0 Å². The van der Waals surface area contributed by atoms with E-state index in [4.69, 9.17) is 0 Å². The second-order valence-electron chi connectivity index (χ2n) is 6.63. The minimum absolute atomic E-state index is 0.0729. The molecule has 6 nitrogen and oxygen atoms in total. The van der Waals surface area contributed by atoms with Crippen molar-refractivity contribution < 1.29 is 18.0 Å². The van der Waals surface area contributed by atoms with Crippen molar-refractivity contribution in [2.24, 2.45) is 0 Å². The highest BCUT2D eigenvalue weighted by Crippen LogP contribution is 2.26. The van der Waals surface area contributed by atoms with Gasteiger partial charge in [-0.3, -0.25) is 9.59 Å². The Hall–Kier alpha value is -1.89. The molecular weight excluding hydrogens is 316 g/mol. The lowest BCUT2D eigenvalue weighted by Gasteiger charge is -2.21. The molecule has 0 unspecified atom stereocenters. The molecule has 0 aliphatic rings. The van der Waals surface area contributed by atoms with Crippen LogP contribution in [-0.4, -0.2) is 38.7 Å². The van der Waals surface area contributed by atoms with Crippen molar-refractivity contribution in [2.45, 2.75) is 44.9 Å². The standard InChI is InChI=1S/C16H24N2O4S/c1-11-7-8-13(16(3,4)5)9-14(11)23(21,22)17-15(20)10-18(6)12(2)19/h7-9H,10H2,1-6H3,(H,17,20). The van der Waals surface area contributed by atoms with Crippen LogP contribution < -0.4 is 4.72 Å². The van der Waals surface area contributed by atoms with E-state index in [0.717, 1.165) is 10.5 Å². The molecule has 0 aliphatic heterocycles. The molecule has 0 aliphatic carbocycles. The highest BCUT2D eigenvalue weighted by Gasteiger charge is 2.23. The van der Waals surface area contributed by atoms with Crippen molar-refractivity contribution in [1.82, 2.24) is 9.62 Å². The number of amides is 2. The summed E-state index contributed by atoms with van der Waals surface area (Å²) in [4.78, 5) is 24.2. The SMILES string of the molecule is CC(=O)N(C)CC(=O)NS(=O)(=O)c1cc(C(C)(C)C)ccc1C. The Balaban J connectivity index is 3.09. The second-order valence-corrected chi connectivity index (χ2v) is 8.28. The number of hydrogen-bond acceptors (Lipinski definition) is 4. The quantitative estimate of drug-likeness (QED) is 0.902. The Labute approximate surface area is 137 Å². The highest BCUT2D eigenvalue weighted by atomic mass is 32.2. The predicted molar refractivity (Wildman–Crippen MR) is 88.5 cm³/mol. The fraction of sp³-hybridized carbons (Fsp3) is 0.500. The van der Waals surface area contributed by atoms with Crippen LogP contribution in [0.25, 0.3) is 0 Å². The van der Waals surface area contributed by atoms with Crippen molar-refractivity contribution in [3.63, 3.8) is 0 Å². The third-order valence-corrected chi connectivity index (χ3v) is 5.03. The summed E-state index contributed by atoms with van der Waals surface area (Å²) < 4.78 is 26.9. The van der Waals surface area contributed by atoms with Gasteiger partial charge in [-0.1, -0.05) is 32.9 Å². The van der Waals surface area contributed by atoms with Crippen LogP contribution in [0.2, 0.25) is 0 Å². The smallest absolute Gasteiger partial charge is 0.264 e. The fourth-order valence-electron chi connectivity index (χ4n) is 1.92. The number of nitrogens with one attached hydrogen (secondary N) is 1. The summed E-state index contributed by atoms with van der Waals surface area (Å²) in [5.74, 6) is -1.06. The van der Waals surface area contributed by atoms with E-state index in [1.54, 1.807) is 19.1 Å². The summed E-state index contributed by atoms with van der Waals surface area (Å²) in [6.45, 7) is 8.61. The molecule has 0 heterocycles. The maximum absolute atomic E-state index is 12.5. The Morgan fingerprint density at radius 1 is 1.22 bits per heavy atom. The molecule has 0 bridgehead atoms. The molecule has 23 heavy (non-hydrogen) atoms. The van der Waals surface area contributed by atoms with E-state index in [0.29, 0.717) is 5.56 Å². The zero-order valence-corrected chi connectivity index (χ0v) is 15.2. The minimum Gasteiger partial charge on any atom is -0.337 e. The van der Waals surface area contributed by atoms with Gasteiger partial charge in [-0.15, -0.1) is 0 Å². The van der Waals surface area contributed by atoms with Crippen LogP contribution >= 0.6 is 0 Å². The number of hydrogen-bond donors (Lipinski definition) is 1. The normalized spacial score (nSPS) is 11.9. The van der Waals surface area contributed by atoms with Gasteiger partial charge in [-0.05, 0) is 29.5 Å². The number of rotatable bonds is 4. The zero-order chi connectivity index (χ0) is 18.0. The Morgan fingerprint density at radius 3 is 2.26 bits per heavy atom. The molecule has 128 valence electrons. The number of carbonyl (C=O) groups excluding carboxylic acids is 2. The zero-order valence-electron chi connectivity index (χ0n) is 14.4. The number of sulfonamides is 1. The van der Waals surface area contributed by atoms with Crippen molar-refractivity contribution in [3.8, 4) is 0 Å². The van der Waals surface area contributed by atoms with Crippen molar-refractivity contribution >= 4 is 21.8 Å². The molecule has 0 atom stereocenters. The molecule has 1 N–H and O–H groups in total. The van der Waals surface area contributed by atoms with Gasteiger partial charge in [0, 0.05) is 14.0 Å². The van der Waals surface area contributed by atoms with E-state index in [9.17, 15) is 18.0 Å². The Kier molecular flexibility index (Phi) is 5.58. The van der Waals surface area contributed by atoms with Gasteiger partial charge >= 0.3 is 0 Å². The molecule has 0 saturated carbocycles. The van der Waals surface area contributed by atoms with Gasteiger partial charge in [0.1, 0.15) is 6.54 Å². The predicted octanol–water partition coefficient (Wildman–Crippen LogP) is 1.58. The molecular formula is C16H24N2O4S. The molecule has 0 aromatic heterocycles. The molecule has 2 amide bonds. The summed E-state index contributed by atoms with van der Waals surface area (Å²) >= 11 is 0. The van der Waals surface area contributed by atoms with Gasteiger partial charge in [0.05, 0.1) is 4.90 Å². The van der Waals surface area contributed by atoms with Gasteiger partial charge in [0.25, 0.3) is 15.9 Å². The van der Waals surface area contributed by atoms with E-state index in [-0.39, 0.29) is 22.8 Å². The number of aryl methyl sites for hydroxylation is 1. The van der Waals surface area contributed by atoms with Gasteiger partial charge in [-0.25, -0.2) is 13.1 Å². The molecule has 0 radical (unpaired) electrons. The highest BCUT2D eigenvalue weighted by molar-refractivity contribution is 7.90. The van der Waals surface area contributed by atoms with E-state index < -0.39 is 15.9 Å². The first kappa shape index (κ1) is 19.2. The van der Waals surface area contributed by atoms with Crippen LogP contribution in [0.3, 0.4) is 0 Å². The third kappa shape index (κ3) is 5.06. The van der Waals surface area contributed by atoms with Crippen LogP contribution in [0, 0.1) is 6.92 Å². The summed E-state index contributed by atoms with van der Waals surface area (Å²) in [5, 5.41) is 0. The average molecular weight is 340 g/mol. The van der Waals surface area contributed by atoms with Gasteiger partial charge in [-0.2, -0.15) is 0 Å². The van der Waals surface area contributed by atoms with Crippen molar-refractivity contribution in [1.29, 1.82) is 0 Å². The molecule has 1 aromatic rings. The number of benzene rings is 1. The number of carbonyl (C=O) groups is 2. The minimum atomic E-state index is -3.98. The van der Waals surface area contributed by atoms with E-state index in [1.807, 2.05) is 31.6 Å². The Bertz CT molecular complexity index is 718. The monoisotopic (exact) mass is 340 g/mol. The first-order valence-corrected chi connectivity index (χ1v) is 8.71. The molecule has 1 rings (SSSR count). The van der Waals surface area contributed by atoms with E-state index in [1.165, 1.54) is 14.0 Å². The van der Waals surface area contributed by atoms with Crippen LogP contribution in [0.5, 0.6) is 0 Å². The topological polar surface area (TPSA) is 83.6 Å². The van der Waals surface area contributed by atoms with Crippen molar-refractivity contribution in [3.05, 3.63) is 29.3 Å². The molecule has 7 heteroatoms. The maximum atomic E-state index is 12.5. The van der Waals surface area contributed by atoms with Crippen LogP contribution in [0.15, 0.2) is 23.1 Å². The molecule has 0 saturated heterocycles. The Morgan fingerprint density at radius 2 is 1.78 bits per heavy atom. The molecule has 0 spiro atoms. The van der Waals surface area contributed by atoms with Crippen LogP contribution in [0.1, 0.15) is 38.8 Å². The van der Waals surface area contributed by atoms with Gasteiger partial charge in [0.15, 0.2) is 0 Å². The lowest BCUT2D eigenvalue weighted by molar-refractivity contribution is -0.132. The maximum Gasteiger partial charge on any atom is 0.264 e. The van der Waals surface area contributed by atoms with Gasteiger partial charge < -0.3 is 4.90 Å². The van der Waals surface area contributed by atoms with Crippen molar-refractivity contribution in [2.75, 3.05) is 13.6 Å². The first-order chi connectivity index (χ1) is 10.3. The third-order valence-electron chi connectivity index (χ3n) is 3.51. The summed E-state index contributed by atoms with van der Waals surface area (Å²) in [6.07, 6.45) is 0. The summed E-state index contributed by atoms with van der Waals surface area (Å²) in [5.41, 5.74) is 1.20. The molecule has 0 fully saturated rings. The van der Waals surface area contributed by atoms with Crippen LogP contribution in [-0.2, 0) is 25.0 Å². The first-order valence-electron chi connectivity index (χ1n) is 7.23. The fourth-order valence-corrected chi connectivity index (χ4v) is 3.17. The molecule has 1 aromatic carbocycles. The lowest BCUT2D eigenvalue weighted by Crippen LogP contribution is -2.40.